The molecule has 1 aliphatic carbocycles. The minimum Gasteiger partial charge on any atom is -0.396 e. The van der Waals surface area contributed by atoms with Crippen LogP contribution in [0.25, 0.3) is 0 Å². The zero-order valence-corrected chi connectivity index (χ0v) is 15.8. The van der Waals surface area contributed by atoms with Crippen molar-refractivity contribution in [2.45, 2.75) is 31.5 Å². The third-order valence-electron chi connectivity index (χ3n) is 6.07. The smallest absolute Gasteiger partial charge is 0.250 e. The van der Waals surface area contributed by atoms with Crippen molar-refractivity contribution in [1.82, 2.24) is 14.5 Å². The lowest BCUT2D eigenvalue weighted by Crippen LogP contribution is -2.49. The maximum Gasteiger partial charge on any atom is 0.250 e. The fourth-order valence-electron chi connectivity index (χ4n) is 4.67. The van der Waals surface area contributed by atoms with Crippen LogP contribution in [-0.4, -0.2) is 44.0 Å². The van der Waals surface area contributed by atoms with Gasteiger partial charge in [-0.2, -0.15) is 0 Å². The standard InChI is InChI=1S/C19H20N4O4S/c24-9-11-13-8-22-12(2-1-3-14(22)25)16(23(13)18(27)10-4-5-10)15(11)17(26)21-19-20-6-7-28-19/h1-3,6-7,10-11,13,15-16,24H,4-5,8-9H2,(H,20,21,26)/t11-,13-,15+,16+/m1/s1. The Labute approximate surface area is 164 Å². The molecular formula is C19H20N4O4S. The monoisotopic (exact) mass is 400 g/mol. The Morgan fingerprint density at radius 1 is 1.32 bits per heavy atom. The molecule has 0 aromatic carbocycles. The minimum atomic E-state index is -0.642. The number of pyridine rings is 1. The van der Waals surface area contributed by atoms with E-state index in [4.69, 9.17) is 0 Å². The molecule has 2 bridgehead atoms. The van der Waals surface area contributed by atoms with Crippen LogP contribution in [0.15, 0.2) is 34.6 Å². The van der Waals surface area contributed by atoms with Crippen LogP contribution in [0, 0.1) is 17.8 Å². The molecule has 1 saturated carbocycles. The SMILES string of the molecule is O=C(Nc1nccs1)[C@H]1[C@H](CO)[C@H]2Cn3c(cccc3=O)[C@@H]1N2C(=O)C1CC1. The number of hydrogen-bond acceptors (Lipinski definition) is 6. The first-order chi connectivity index (χ1) is 13.6. The van der Waals surface area contributed by atoms with Gasteiger partial charge in [0.2, 0.25) is 11.8 Å². The molecule has 2 aromatic rings. The van der Waals surface area contributed by atoms with Crippen molar-refractivity contribution in [3.63, 3.8) is 0 Å². The first-order valence-corrected chi connectivity index (χ1v) is 10.3. The molecule has 4 atom stereocenters. The van der Waals surface area contributed by atoms with Crippen LogP contribution in [0.4, 0.5) is 5.13 Å². The molecule has 1 saturated heterocycles. The van der Waals surface area contributed by atoms with Gasteiger partial charge in [-0.15, -0.1) is 11.3 Å². The first kappa shape index (κ1) is 17.6. The largest absolute Gasteiger partial charge is 0.396 e. The Balaban J connectivity index is 1.60. The third-order valence-corrected chi connectivity index (χ3v) is 6.75. The zero-order valence-electron chi connectivity index (χ0n) is 15.0. The van der Waals surface area contributed by atoms with E-state index in [1.54, 1.807) is 33.2 Å². The summed E-state index contributed by atoms with van der Waals surface area (Å²) in [6, 6.07) is 4.02. The van der Waals surface area contributed by atoms with Gasteiger partial charge >= 0.3 is 0 Å². The molecule has 0 radical (unpaired) electrons. The van der Waals surface area contributed by atoms with Gasteiger partial charge in [0.1, 0.15) is 0 Å². The molecule has 4 heterocycles. The number of anilines is 1. The topological polar surface area (TPSA) is 105 Å². The van der Waals surface area contributed by atoms with E-state index >= 15 is 0 Å². The second-order valence-electron chi connectivity index (χ2n) is 7.63. The van der Waals surface area contributed by atoms with Crippen molar-refractivity contribution in [2.75, 3.05) is 11.9 Å². The van der Waals surface area contributed by atoms with Crippen LogP contribution in [0.3, 0.4) is 0 Å². The molecule has 28 heavy (non-hydrogen) atoms. The normalized spacial score (nSPS) is 28.1. The van der Waals surface area contributed by atoms with E-state index in [0.29, 0.717) is 17.4 Å². The second kappa shape index (κ2) is 6.52. The molecular weight excluding hydrogens is 380 g/mol. The molecule has 8 nitrogen and oxygen atoms in total. The van der Waals surface area contributed by atoms with Gasteiger partial charge in [0.25, 0.3) is 5.56 Å². The highest BCUT2D eigenvalue weighted by atomic mass is 32.1. The third kappa shape index (κ3) is 2.61. The number of amides is 2. The number of thiazole rings is 1. The van der Waals surface area contributed by atoms with Gasteiger partial charge in [-0.05, 0) is 18.9 Å². The van der Waals surface area contributed by atoms with Gasteiger partial charge < -0.3 is 19.9 Å². The number of aromatic nitrogens is 2. The quantitative estimate of drug-likeness (QED) is 0.792. The molecule has 2 aliphatic heterocycles. The van der Waals surface area contributed by atoms with Gasteiger partial charge in [0.05, 0.1) is 18.0 Å². The average molecular weight is 400 g/mol. The van der Waals surface area contributed by atoms with E-state index in [1.165, 1.54) is 17.4 Å². The maximum absolute atomic E-state index is 13.2. The Bertz CT molecular complexity index is 984. The average Bonchev–Trinajstić information content (AvgIpc) is 3.36. The molecule has 2 aromatic heterocycles. The Hall–Kier alpha value is -2.52. The van der Waals surface area contributed by atoms with E-state index in [-0.39, 0.29) is 35.9 Å². The van der Waals surface area contributed by atoms with Gasteiger partial charge in [-0.1, -0.05) is 6.07 Å². The molecule has 146 valence electrons. The number of nitrogens with zero attached hydrogens (tertiary/aromatic N) is 3. The molecule has 2 fully saturated rings. The van der Waals surface area contributed by atoms with Crippen LogP contribution >= 0.6 is 11.3 Å². The van der Waals surface area contributed by atoms with E-state index < -0.39 is 17.9 Å². The van der Waals surface area contributed by atoms with Crippen molar-refractivity contribution in [3.8, 4) is 0 Å². The highest BCUT2D eigenvalue weighted by Gasteiger charge is 2.58. The van der Waals surface area contributed by atoms with Crippen LogP contribution in [0.2, 0.25) is 0 Å². The molecule has 3 aliphatic rings. The van der Waals surface area contributed by atoms with Gasteiger partial charge in [0, 0.05) is 48.3 Å². The lowest BCUT2D eigenvalue weighted by molar-refractivity contribution is -0.138. The van der Waals surface area contributed by atoms with Crippen molar-refractivity contribution < 1.29 is 14.7 Å². The summed E-state index contributed by atoms with van der Waals surface area (Å²) in [4.78, 5) is 44.6. The Morgan fingerprint density at radius 3 is 2.82 bits per heavy atom. The maximum atomic E-state index is 13.2. The highest BCUT2D eigenvalue weighted by Crippen LogP contribution is 2.50. The number of fused-ring (bicyclic) bond motifs is 4. The first-order valence-electron chi connectivity index (χ1n) is 9.43. The van der Waals surface area contributed by atoms with Gasteiger partial charge in [-0.25, -0.2) is 4.98 Å². The van der Waals surface area contributed by atoms with Crippen molar-refractivity contribution in [1.29, 1.82) is 0 Å². The van der Waals surface area contributed by atoms with Crippen molar-refractivity contribution in [3.05, 3.63) is 45.8 Å². The van der Waals surface area contributed by atoms with E-state index in [2.05, 4.69) is 10.3 Å². The predicted molar refractivity (Wildman–Crippen MR) is 102 cm³/mol. The molecule has 0 spiro atoms. The van der Waals surface area contributed by atoms with Crippen LogP contribution in [0.1, 0.15) is 24.6 Å². The number of rotatable bonds is 4. The summed E-state index contributed by atoms with van der Waals surface area (Å²) in [7, 11) is 0. The van der Waals surface area contributed by atoms with Crippen molar-refractivity contribution >= 4 is 28.3 Å². The van der Waals surface area contributed by atoms with Crippen molar-refractivity contribution in [2.24, 2.45) is 17.8 Å². The van der Waals surface area contributed by atoms with E-state index in [0.717, 1.165) is 12.8 Å². The summed E-state index contributed by atoms with van der Waals surface area (Å²) in [6.45, 7) is 0.0739. The highest BCUT2D eigenvalue weighted by molar-refractivity contribution is 7.13. The van der Waals surface area contributed by atoms with Crippen LogP contribution in [-0.2, 0) is 16.1 Å². The number of carbonyl (C=O) groups is 2. The van der Waals surface area contributed by atoms with E-state index in [9.17, 15) is 19.5 Å². The van der Waals surface area contributed by atoms with Gasteiger partial charge in [-0.3, -0.25) is 14.4 Å². The number of hydrogen-bond donors (Lipinski definition) is 2. The molecule has 5 rings (SSSR count). The Kier molecular flexibility index (Phi) is 4.09. The zero-order chi connectivity index (χ0) is 19.4. The second-order valence-corrected chi connectivity index (χ2v) is 8.52. The van der Waals surface area contributed by atoms with Crippen LogP contribution < -0.4 is 10.9 Å². The number of carbonyl (C=O) groups excluding carboxylic acids is 2. The summed E-state index contributed by atoms with van der Waals surface area (Å²) in [5.74, 6) is -1.34. The number of aliphatic hydroxyl groups is 1. The summed E-state index contributed by atoms with van der Waals surface area (Å²) in [5, 5.41) is 15.2. The summed E-state index contributed by atoms with van der Waals surface area (Å²) >= 11 is 1.31. The lowest BCUT2D eigenvalue weighted by atomic mass is 9.86. The number of aliphatic hydroxyl groups excluding tert-OH is 1. The molecule has 0 unspecified atom stereocenters. The lowest BCUT2D eigenvalue weighted by Gasteiger charge is -2.38. The molecule has 9 heteroatoms. The van der Waals surface area contributed by atoms with E-state index in [1.807, 2.05) is 0 Å². The fraction of sp³-hybridized carbons (Fsp3) is 0.474. The number of nitrogens with one attached hydrogen (secondary N) is 1. The Morgan fingerprint density at radius 2 is 2.14 bits per heavy atom. The summed E-state index contributed by atoms with van der Waals surface area (Å²) in [5.41, 5.74) is 0.511. The molecule has 2 N–H and O–H groups in total. The van der Waals surface area contributed by atoms with Crippen LogP contribution in [0.5, 0.6) is 0 Å². The summed E-state index contributed by atoms with van der Waals surface area (Å²) in [6.07, 6.45) is 3.32. The molecule has 2 amide bonds. The van der Waals surface area contributed by atoms with Gasteiger partial charge in [0.15, 0.2) is 5.13 Å². The summed E-state index contributed by atoms with van der Waals surface area (Å²) < 4.78 is 1.64. The minimum absolute atomic E-state index is 0.00731. The predicted octanol–water partition coefficient (Wildman–Crippen LogP) is 0.844. The fourth-order valence-corrected chi connectivity index (χ4v) is 5.21.